The van der Waals surface area contributed by atoms with Crippen molar-refractivity contribution in [2.24, 2.45) is 0 Å². The minimum atomic E-state index is 0.376. The van der Waals surface area contributed by atoms with Gasteiger partial charge in [-0.05, 0) is 60.6 Å². The van der Waals surface area contributed by atoms with Gasteiger partial charge in [-0.15, -0.1) is 0 Å². The van der Waals surface area contributed by atoms with Gasteiger partial charge in [0.25, 0.3) is 0 Å². The third-order valence-corrected chi connectivity index (χ3v) is 4.32. The second-order valence-electron chi connectivity index (χ2n) is 5.22. The van der Waals surface area contributed by atoms with Crippen LogP contribution < -0.4 is 0 Å². The van der Waals surface area contributed by atoms with Crippen molar-refractivity contribution in [2.75, 3.05) is 0 Å². The van der Waals surface area contributed by atoms with E-state index in [2.05, 4.69) is 12.1 Å². The van der Waals surface area contributed by atoms with Crippen LogP contribution in [-0.2, 0) is 6.42 Å². The van der Waals surface area contributed by atoms with Gasteiger partial charge >= 0.3 is 0 Å². The summed E-state index contributed by atoms with van der Waals surface area (Å²) in [5.41, 5.74) is 2.27. The van der Waals surface area contributed by atoms with Crippen LogP contribution in [0.4, 0.5) is 0 Å². The van der Waals surface area contributed by atoms with Gasteiger partial charge < -0.3 is 5.11 Å². The number of hydrogen-bond acceptors (Lipinski definition) is 1. The number of rotatable bonds is 2. The Kier molecular flexibility index (Phi) is 3.48. The molecule has 1 N–H and O–H groups in total. The van der Waals surface area contributed by atoms with Crippen LogP contribution in [0.25, 0.3) is 10.8 Å². The molecule has 19 heavy (non-hydrogen) atoms. The van der Waals surface area contributed by atoms with E-state index in [-0.39, 0.29) is 0 Å². The Morgan fingerprint density at radius 3 is 2.42 bits per heavy atom. The zero-order valence-corrected chi connectivity index (χ0v) is 11.6. The van der Waals surface area contributed by atoms with Gasteiger partial charge in [-0.1, -0.05) is 41.4 Å². The minimum absolute atomic E-state index is 0.376. The predicted molar refractivity (Wildman–Crippen MR) is 80.7 cm³/mol. The topological polar surface area (TPSA) is 20.2 Å². The molecule has 0 aliphatic heterocycles. The van der Waals surface area contributed by atoms with E-state index in [9.17, 15) is 5.11 Å². The quantitative estimate of drug-likeness (QED) is 0.801. The average molecular weight is 273 g/mol. The lowest BCUT2D eigenvalue weighted by Gasteiger charge is -2.17. The summed E-state index contributed by atoms with van der Waals surface area (Å²) in [5.74, 6) is 0.376. The van der Waals surface area contributed by atoms with Crippen molar-refractivity contribution >= 4 is 22.4 Å². The van der Waals surface area contributed by atoms with Gasteiger partial charge in [0.15, 0.2) is 0 Å². The standard InChI is InChI=1S/C17H17ClO/c18-16-8-4-3-7-14(16)10-15-9-12-5-1-2-6-13(12)11-17(15)19/h1-2,5-6,9,11,19H,3-4,7-8,10H2. The zero-order chi connectivity index (χ0) is 13.2. The van der Waals surface area contributed by atoms with Crippen molar-refractivity contribution in [1.82, 2.24) is 0 Å². The summed E-state index contributed by atoms with van der Waals surface area (Å²) >= 11 is 6.30. The maximum absolute atomic E-state index is 10.2. The summed E-state index contributed by atoms with van der Waals surface area (Å²) in [5, 5.41) is 13.4. The Labute approximate surface area is 118 Å². The number of allylic oxidation sites excluding steroid dienone is 2. The fourth-order valence-electron chi connectivity index (χ4n) is 2.76. The first-order chi connectivity index (χ1) is 9.24. The van der Waals surface area contributed by atoms with Crippen LogP contribution in [0.3, 0.4) is 0 Å². The van der Waals surface area contributed by atoms with Crippen LogP contribution in [0.15, 0.2) is 47.0 Å². The number of hydrogen-bond donors (Lipinski definition) is 1. The molecule has 0 atom stereocenters. The Balaban J connectivity index is 1.98. The third kappa shape index (κ3) is 2.62. The van der Waals surface area contributed by atoms with E-state index in [4.69, 9.17) is 11.6 Å². The molecule has 1 aliphatic rings. The van der Waals surface area contributed by atoms with Gasteiger partial charge in [-0.25, -0.2) is 0 Å². The molecule has 0 saturated heterocycles. The van der Waals surface area contributed by atoms with Crippen LogP contribution in [0.2, 0.25) is 0 Å². The van der Waals surface area contributed by atoms with Gasteiger partial charge in [0.05, 0.1) is 0 Å². The van der Waals surface area contributed by atoms with E-state index < -0.39 is 0 Å². The van der Waals surface area contributed by atoms with Gasteiger partial charge in [-0.3, -0.25) is 0 Å². The number of halogens is 1. The number of benzene rings is 2. The van der Waals surface area contributed by atoms with Crippen LogP contribution in [0.1, 0.15) is 31.2 Å². The molecular formula is C17H17ClO. The third-order valence-electron chi connectivity index (χ3n) is 3.86. The molecule has 0 heterocycles. The van der Waals surface area contributed by atoms with Crippen LogP contribution in [-0.4, -0.2) is 5.11 Å². The van der Waals surface area contributed by atoms with E-state index in [1.807, 2.05) is 24.3 Å². The molecule has 0 bridgehead atoms. The lowest BCUT2D eigenvalue weighted by atomic mass is 9.92. The smallest absolute Gasteiger partial charge is 0.119 e. The van der Waals surface area contributed by atoms with Crippen LogP contribution in [0.5, 0.6) is 5.75 Å². The highest BCUT2D eigenvalue weighted by atomic mass is 35.5. The van der Waals surface area contributed by atoms with E-state index in [0.717, 1.165) is 35.2 Å². The maximum atomic E-state index is 10.2. The summed E-state index contributed by atoms with van der Waals surface area (Å²) in [6.07, 6.45) is 5.22. The molecule has 0 fully saturated rings. The summed E-state index contributed by atoms with van der Waals surface area (Å²) in [6, 6.07) is 12.0. The summed E-state index contributed by atoms with van der Waals surface area (Å²) in [4.78, 5) is 0. The number of phenolic OH excluding ortho intramolecular Hbond substituents is 1. The molecule has 0 saturated carbocycles. The highest BCUT2D eigenvalue weighted by Crippen LogP contribution is 2.33. The Morgan fingerprint density at radius 1 is 1.00 bits per heavy atom. The van der Waals surface area contributed by atoms with Crippen molar-refractivity contribution in [2.45, 2.75) is 32.1 Å². The monoisotopic (exact) mass is 272 g/mol. The summed E-state index contributed by atoms with van der Waals surface area (Å²) in [7, 11) is 0. The molecule has 0 amide bonds. The molecule has 98 valence electrons. The van der Waals surface area contributed by atoms with Crippen molar-refractivity contribution in [3.63, 3.8) is 0 Å². The van der Waals surface area contributed by atoms with Crippen LogP contribution >= 0.6 is 11.6 Å². The SMILES string of the molecule is Oc1cc2ccccc2cc1CC1=C(Cl)CCCC1. The fourth-order valence-corrected chi connectivity index (χ4v) is 3.06. The van der Waals surface area contributed by atoms with Crippen molar-refractivity contribution in [1.29, 1.82) is 0 Å². The second-order valence-corrected chi connectivity index (χ2v) is 5.68. The van der Waals surface area contributed by atoms with Crippen molar-refractivity contribution in [3.8, 4) is 5.75 Å². The Hall–Kier alpha value is -1.47. The molecule has 0 spiro atoms. The predicted octanol–water partition coefficient (Wildman–Crippen LogP) is 5.15. The molecule has 0 radical (unpaired) electrons. The first-order valence-corrected chi connectivity index (χ1v) is 7.19. The molecular weight excluding hydrogens is 256 g/mol. The van der Waals surface area contributed by atoms with E-state index >= 15 is 0 Å². The summed E-state index contributed by atoms with van der Waals surface area (Å²) in [6.45, 7) is 0. The largest absolute Gasteiger partial charge is 0.508 e. The minimum Gasteiger partial charge on any atom is -0.508 e. The first-order valence-electron chi connectivity index (χ1n) is 6.81. The molecule has 1 aliphatic carbocycles. The molecule has 0 aromatic heterocycles. The molecule has 2 aromatic carbocycles. The van der Waals surface area contributed by atoms with E-state index in [1.54, 1.807) is 0 Å². The Morgan fingerprint density at radius 2 is 1.68 bits per heavy atom. The second kappa shape index (κ2) is 5.26. The normalized spacial score (nSPS) is 16.1. The van der Waals surface area contributed by atoms with Crippen molar-refractivity contribution in [3.05, 3.63) is 52.6 Å². The highest BCUT2D eigenvalue weighted by molar-refractivity contribution is 6.30. The zero-order valence-electron chi connectivity index (χ0n) is 10.8. The fraction of sp³-hybridized carbons (Fsp3) is 0.294. The average Bonchev–Trinajstić information content (AvgIpc) is 2.42. The van der Waals surface area contributed by atoms with Crippen molar-refractivity contribution < 1.29 is 5.11 Å². The highest BCUT2D eigenvalue weighted by Gasteiger charge is 2.13. The van der Waals surface area contributed by atoms with Gasteiger partial charge in [0, 0.05) is 5.03 Å². The van der Waals surface area contributed by atoms with E-state index in [1.165, 1.54) is 23.8 Å². The lowest BCUT2D eigenvalue weighted by Crippen LogP contribution is -2.00. The molecule has 1 nitrogen and oxygen atoms in total. The first kappa shape index (κ1) is 12.6. The van der Waals surface area contributed by atoms with Gasteiger partial charge in [0.1, 0.15) is 5.75 Å². The Bertz CT molecular complexity index is 643. The van der Waals surface area contributed by atoms with Gasteiger partial charge in [0.2, 0.25) is 0 Å². The molecule has 3 rings (SSSR count). The maximum Gasteiger partial charge on any atom is 0.119 e. The van der Waals surface area contributed by atoms with E-state index in [0.29, 0.717) is 5.75 Å². The molecule has 2 heteroatoms. The van der Waals surface area contributed by atoms with Crippen LogP contribution in [0, 0.1) is 0 Å². The number of fused-ring (bicyclic) bond motifs is 1. The molecule has 0 unspecified atom stereocenters. The van der Waals surface area contributed by atoms with Gasteiger partial charge in [-0.2, -0.15) is 0 Å². The number of phenols is 1. The molecule has 2 aromatic rings. The number of aromatic hydroxyl groups is 1. The summed E-state index contributed by atoms with van der Waals surface area (Å²) < 4.78 is 0. The lowest BCUT2D eigenvalue weighted by molar-refractivity contribution is 0.469.